The Morgan fingerprint density at radius 2 is 2.19 bits per heavy atom. The normalized spacial score (nSPS) is 19.1. The zero-order chi connectivity index (χ0) is 11.7. The number of ether oxygens (including phenoxy) is 3. The van der Waals surface area contributed by atoms with Gasteiger partial charge in [-0.2, -0.15) is 5.06 Å². The Morgan fingerprint density at radius 3 is 2.81 bits per heavy atom. The highest BCUT2D eigenvalue weighted by Crippen LogP contribution is 2.35. The third-order valence-corrected chi connectivity index (χ3v) is 2.25. The summed E-state index contributed by atoms with van der Waals surface area (Å²) in [6, 6.07) is 4.71. The number of nitrogens with zero attached hydrogens (tertiary/aromatic N) is 1. The van der Waals surface area contributed by atoms with Crippen molar-refractivity contribution >= 4 is 11.6 Å². The average molecular weight is 225 g/mol. The van der Waals surface area contributed by atoms with Crippen molar-refractivity contribution in [2.75, 3.05) is 19.3 Å². The second-order valence-corrected chi connectivity index (χ2v) is 3.17. The van der Waals surface area contributed by atoms with Gasteiger partial charge in [0.1, 0.15) is 11.4 Å². The van der Waals surface area contributed by atoms with Crippen molar-refractivity contribution in [3.05, 3.63) is 18.2 Å². The molecule has 1 aromatic rings. The van der Waals surface area contributed by atoms with E-state index in [0.717, 1.165) is 0 Å². The van der Waals surface area contributed by atoms with Gasteiger partial charge in [0.15, 0.2) is 5.75 Å². The van der Waals surface area contributed by atoms with Crippen LogP contribution < -0.4 is 14.5 Å². The highest BCUT2D eigenvalue weighted by Gasteiger charge is 2.34. The molecular formula is C10H11NO5. The molecule has 0 bridgehead atoms. The molecule has 6 heteroatoms. The number of carbonyl (C=O) groups is 1. The van der Waals surface area contributed by atoms with Crippen LogP contribution in [0.2, 0.25) is 0 Å². The Bertz CT molecular complexity index is 420. The van der Waals surface area contributed by atoms with Crippen molar-refractivity contribution in [2.45, 2.75) is 6.29 Å². The van der Waals surface area contributed by atoms with Crippen LogP contribution in [0.3, 0.4) is 0 Å². The minimum Gasteiger partial charge on any atom is -0.497 e. The average Bonchev–Trinajstić information content (AvgIpc) is 2.33. The van der Waals surface area contributed by atoms with Crippen molar-refractivity contribution in [3.63, 3.8) is 0 Å². The summed E-state index contributed by atoms with van der Waals surface area (Å²) in [6.07, 6.45) is -1.13. The van der Waals surface area contributed by atoms with Gasteiger partial charge in [-0.15, -0.1) is 0 Å². The smallest absolute Gasteiger partial charge is 0.320 e. The summed E-state index contributed by atoms with van der Waals surface area (Å²) in [5, 5.41) is 10.1. The highest BCUT2D eigenvalue weighted by molar-refractivity contribution is 5.97. The van der Waals surface area contributed by atoms with Crippen LogP contribution in [-0.4, -0.2) is 31.6 Å². The van der Waals surface area contributed by atoms with Crippen molar-refractivity contribution < 1.29 is 24.2 Å². The van der Waals surface area contributed by atoms with E-state index in [2.05, 4.69) is 0 Å². The van der Waals surface area contributed by atoms with Gasteiger partial charge in [0.05, 0.1) is 7.11 Å². The van der Waals surface area contributed by atoms with E-state index >= 15 is 0 Å². The van der Waals surface area contributed by atoms with Gasteiger partial charge in [-0.05, 0) is 12.1 Å². The molecule has 1 aromatic carbocycles. The topological polar surface area (TPSA) is 68.2 Å². The van der Waals surface area contributed by atoms with Gasteiger partial charge < -0.3 is 14.2 Å². The molecule has 0 saturated heterocycles. The first-order valence-corrected chi connectivity index (χ1v) is 4.57. The molecule has 0 fully saturated rings. The number of benzene rings is 1. The van der Waals surface area contributed by atoms with E-state index in [1.165, 1.54) is 20.3 Å². The van der Waals surface area contributed by atoms with E-state index in [4.69, 9.17) is 14.2 Å². The number of hydroxylamine groups is 1. The molecule has 6 nitrogen and oxygen atoms in total. The van der Waals surface area contributed by atoms with Gasteiger partial charge in [-0.25, -0.2) is 0 Å². The van der Waals surface area contributed by atoms with E-state index in [1.54, 1.807) is 12.1 Å². The number of methoxy groups -OCH3 is 2. The molecule has 86 valence electrons. The van der Waals surface area contributed by atoms with E-state index in [9.17, 15) is 10.0 Å². The third-order valence-electron chi connectivity index (χ3n) is 2.25. The van der Waals surface area contributed by atoms with Crippen LogP contribution in [0.25, 0.3) is 0 Å². The van der Waals surface area contributed by atoms with Crippen molar-refractivity contribution in [1.82, 2.24) is 0 Å². The quantitative estimate of drug-likeness (QED) is 0.753. The lowest BCUT2D eigenvalue weighted by molar-refractivity contribution is -0.153. The van der Waals surface area contributed by atoms with Crippen LogP contribution in [0.5, 0.6) is 11.5 Å². The van der Waals surface area contributed by atoms with Crippen LogP contribution in [0, 0.1) is 0 Å². The van der Waals surface area contributed by atoms with E-state index < -0.39 is 12.2 Å². The Morgan fingerprint density at radius 1 is 1.44 bits per heavy atom. The summed E-state index contributed by atoms with van der Waals surface area (Å²) in [4.78, 5) is 11.5. The number of fused-ring (bicyclic) bond motifs is 1. The molecule has 0 aromatic heterocycles. The lowest BCUT2D eigenvalue weighted by atomic mass is 10.2. The fourth-order valence-corrected chi connectivity index (χ4v) is 1.42. The van der Waals surface area contributed by atoms with E-state index in [0.29, 0.717) is 16.6 Å². The van der Waals surface area contributed by atoms with Gasteiger partial charge in [0.2, 0.25) is 0 Å². The predicted molar refractivity (Wildman–Crippen MR) is 53.7 cm³/mol. The van der Waals surface area contributed by atoms with Crippen LogP contribution in [0.1, 0.15) is 0 Å². The fourth-order valence-electron chi connectivity index (χ4n) is 1.42. The second-order valence-electron chi connectivity index (χ2n) is 3.17. The number of amides is 1. The summed E-state index contributed by atoms with van der Waals surface area (Å²) in [6.45, 7) is 0. The van der Waals surface area contributed by atoms with Crippen LogP contribution >= 0.6 is 0 Å². The van der Waals surface area contributed by atoms with Gasteiger partial charge in [0.25, 0.3) is 6.29 Å². The summed E-state index contributed by atoms with van der Waals surface area (Å²) in [5.74, 6) is 0.227. The largest absolute Gasteiger partial charge is 0.497 e. The SMILES string of the molecule is COc1ccc2c(c1)O[C@@H](OC)C(=O)N2O. The summed E-state index contributed by atoms with van der Waals surface area (Å²) in [5.41, 5.74) is 0.263. The zero-order valence-corrected chi connectivity index (χ0v) is 8.84. The Labute approximate surface area is 91.9 Å². The Balaban J connectivity index is 2.42. The van der Waals surface area contributed by atoms with E-state index in [1.807, 2.05) is 0 Å². The first kappa shape index (κ1) is 10.7. The van der Waals surface area contributed by atoms with Crippen molar-refractivity contribution in [1.29, 1.82) is 0 Å². The molecule has 0 unspecified atom stereocenters. The van der Waals surface area contributed by atoms with Crippen molar-refractivity contribution in [3.8, 4) is 11.5 Å². The monoisotopic (exact) mass is 225 g/mol. The number of rotatable bonds is 2. The molecule has 1 heterocycles. The number of anilines is 1. The standard InChI is InChI=1S/C10H11NO5/c1-14-6-3-4-7-8(5-6)16-10(15-2)9(12)11(7)13/h3-5,10,13H,1-2H3/t10-/m1/s1. The molecule has 0 spiro atoms. The Kier molecular flexibility index (Phi) is 2.67. The lowest BCUT2D eigenvalue weighted by Gasteiger charge is -2.29. The number of carbonyl (C=O) groups excluding carboxylic acids is 1. The second kappa shape index (κ2) is 3.99. The molecule has 1 aliphatic rings. The molecule has 0 radical (unpaired) electrons. The molecule has 2 rings (SSSR count). The first-order chi connectivity index (χ1) is 7.67. The van der Waals surface area contributed by atoms with Crippen LogP contribution in [0.4, 0.5) is 5.69 Å². The maximum absolute atomic E-state index is 11.5. The maximum atomic E-state index is 11.5. The molecule has 0 saturated carbocycles. The van der Waals surface area contributed by atoms with E-state index in [-0.39, 0.29) is 5.69 Å². The third kappa shape index (κ3) is 1.58. The molecule has 0 aliphatic carbocycles. The minimum atomic E-state index is -1.13. The van der Waals surface area contributed by atoms with Crippen molar-refractivity contribution in [2.24, 2.45) is 0 Å². The summed E-state index contributed by atoms with van der Waals surface area (Å²) < 4.78 is 15.0. The zero-order valence-electron chi connectivity index (χ0n) is 8.84. The number of hydrogen-bond donors (Lipinski definition) is 1. The molecule has 1 amide bonds. The van der Waals surface area contributed by atoms with Crippen LogP contribution in [0.15, 0.2) is 18.2 Å². The molecule has 1 atom stereocenters. The Hall–Kier alpha value is -1.79. The summed E-state index contributed by atoms with van der Waals surface area (Å²) >= 11 is 0. The number of hydrogen-bond acceptors (Lipinski definition) is 5. The van der Waals surface area contributed by atoms with Gasteiger partial charge in [-0.1, -0.05) is 0 Å². The van der Waals surface area contributed by atoms with Gasteiger partial charge in [-0.3, -0.25) is 10.0 Å². The maximum Gasteiger partial charge on any atom is 0.320 e. The fraction of sp³-hybridized carbons (Fsp3) is 0.300. The highest BCUT2D eigenvalue weighted by atomic mass is 16.7. The predicted octanol–water partition coefficient (Wildman–Crippen LogP) is 0.782. The van der Waals surface area contributed by atoms with Gasteiger partial charge >= 0.3 is 5.91 Å². The molecule has 1 N–H and O–H groups in total. The summed E-state index contributed by atoms with van der Waals surface area (Å²) in [7, 11) is 2.84. The van der Waals surface area contributed by atoms with Crippen LogP contribution in [-0.2, 0) is 9.53 Å². The van der Waals surface area contributed by atoms with Gasteiger partial charge in [0, 0.05) is 13.2 Å². The first-order valence-electron chi connectivity index (χ1n) is 4.57. The molecule has 1 aliphatic heterocycles. The molecular weight excluding hydrogens is 214 g/mol. The minimum absolute atomic E-state index is 0.263. The molecule has 16 heavy (non-hydrogen) atoms. The lowest BCUT2D eigenvalue weighted by Crippen LogP contribution is -2.45.